The van der Waals surface area contributed by atoms with Crippen LogP contribution in [0.1, 0.15) is 12.5 Å². The molecule has 0 aliphatic carbocycles. The highest BCUT2D eigenvalue weighted by Gasteiger charge is 2.40. The summed E-state index contributed by atoms with van der Waals surface area (Å²) < 4.78 is 7.08. The number of rotatable bonds is 4. The number of aromatic nitrogens is 1. The summed E-state index contributed by atoms with van der Waals surface area (Å²) in [4.78, 5) is 20.6. The van der Waals surface area contributed by atoms with Crippen molar-refractivity contribution in [3.63, 3.8) is 0 Å². The Hall–Kier alpha value is -2.44. The topological polar surface area (TPSA) is 45.7 Å². The van der Waals surface area contributed by atoms with Crippen LogP contribution in [0.15, 0.2) is 48.5 Å². The molecule has 2 atom stereocenters. The van der Waals surface area contributed by atoms with Gasteiger partial charge in [0.2, 0.25) is 5.91 Å². The van der Waals surface area contributed by atoms with E-state index in [1.807, 2.05) is 35.2 Å². The summed E-state index contributed by atoms with van der Waals surface area (Å²) in [6.07, 6.45) is 0. The third kappa shape index (κ3) is 3.50. The van der Waals surface area contributed by atoms with Crippen LogP contribution < -0.4 is 4.74 Å². The number of hydrogen-bond donors (Lipinski definition) is 0. The Labute approximate surface area is 168 Å². The van der Waals surface area contributed by atoms with Gasteiger partial charge in [-0.2, -0.15) is 0 Å². The number of carbonyl (C=O) groups is 1. The zero-order valence-electron chi connectivity index (χ0n) is 15.9. The van der Waals surface area contributed by atoms with E-state index in [1.165, 1.54) is 5.56 Å². The van der Waals surface area contributed by atoms with Gasteiger partial charge in [-0.3, -0.25) is 9.69 Å². The van der Waals surface area contributed by atoms with Gasteiger partial charge in [-0.15, -0.1) is 0 Å². The van der Waals surface area contributed by atoms with Gasteiger partial charge >= 0.3 is 0 Å². The molecule has 28 heavy (non-hydrogen) atoms. The second kappa shape index (κ2) is 7.18. The predicted molar refractivity (Wildman–Crippen MR) is 111 cm³/mol. The minimum absolute atomic E-state index is 0.213. The Morgan fingerprint density at radius 2 is 1.79 bits per heavy atom. The number of likely N-dealkylation sites (tertiary alicyclic amines) is 2. The summed E-state index contributed by atoms with van der Waals surface area (Å²) in [7, 11) is 0. The first kappa shape index (κ1) is 17.6. The van der Waals surface area contributed by atoms with Crippen LogP contribution in [-0.2, 0) is 11.3 Å². The molecule has 2 saturated heterocycles. The number of hydrogen-bond acceptors (Lipinski definition) is 5. The number of nitrogens with zero attached hydrogens (tertiary/aromatic N) is 3. The lowest BCUT2D eigenvalue weighted by Gasteiger charge is -2.20. The van der Waals surface area contributed by atoms with Gasteiger partial charge in [-0.1, -0.05) is 35.6 Å². The number of thiazole rings is 1. The molecule has 3 heterocycles. The first-order valence-corrected chi connectivity index (χ1v) is 10.6. The molecule has 0 saturated carbocycles. The molecule has 2 aromatic carbocycles. The Morgan fingerprint density at radius 1 is 1.07 bits per heavy atom. The Morgan fingerprint density at radius 3 is 2.46 bits per heavy atom. The van der Waals surface area contributed by atoms with Gasteiger partial charge in [0, 0.05) is 39.6 Å². The number of amides is 1. The summed E-state index contributed by atoms with van der Waals surface area (Å²) in [6.45, 7) is 6.64. The summed E-state index contributed by atoms with van der Waals surface area (Å²) in [5.74, 6) is 2.29. The Bertz CT molecular complexity index is 953. The van der Waals surface area contributed by atoms with Crippen LogP contribution in [-0.4, -0.2) is 46.9 Å². The fourth-order valence-corrected chi connectivity index (χ4v) is 5.23. The summed E-state index contributed by atoms with van der Waals surface area (Å²) in [6, 6.07) is 16.4. The normalized spacial score (nSPS) is 22.0. The van der Waals surface area contributed by atoms with Crippen molar-refractivity contribution in [2.24, 2.45) is 11.8 Å². The number of benzene rings is 2. The first-order chi connectivity index (χ1) is 13.6. The zero-order valence-corrected chi connectivity index (χ0v) is 16.7. The molecule has 1 aromatic heterocycles. The maximum atomic E-state index is 11.6. The van der Waals surface area contributed by atoms with Crippen LogP contribution in [0.3, 0.4) is 0 Å². The molecule has 2 aliphatic heterocycles. The van der Waals surface area contributed by atoms with Crippen molar-refractivity contribution in [1.82, 2.24) is 14.8 Å². The smallest absolute Gasteiger partial charge is 0.279 e. The van der Waals surface area contributed by atoms with E-state index in [9.17, 15) is 4.79 Å². The summed E-state index contributed by atoms with van der Waals surface area (Å²) in [5, 5.41) is 0.677. The lowest BCUT2D eigenvalue weighted by molar-refractivity contribution is -0.128. The van der Waals surface area contributed by atoms with E-state index in [1.54, 1.807) is 18.3 Å². The van der Waals surface area contributed by atoms with E-state index in [-0.39, 0.29) is 5.91 Å². The van der Waals surface area contributed by atoms with E-state index < -0.39 is 0 Å². The van der Waals surface area contributed by atoms with Crippen molar-refractivity contribution < 1.29 is 9.53 Å². The lowest BCUT2D eigenvalue weighted by atomic mass is 10.0. The first-order valence-electron chi connectivity index (χ1n) is 9.74. The van der Waals surface area contributed by atoms with Crippen LogP contribution in [0, 0.1) is 11.8 Å². The van der Waals surface area contributed by atoms with Gasteiger partial charge in [0.15, 0.2) is 0 Å². The molecule has 2 fully saturated rings. The highest BCUT2D eigenvalue weighted by Crippen LogP contribution is 2.33. The number of fused-ring (bicyclic) bond motifs is 2. The van der Waals surface area contributed by atoms with E-state index in [0.717, 1.165) is 48.7 Å². The Balaban J connectivity index is 1.19. The van der Waals surface area contributed by atoms with Gasteiger partial charge in [0.05, 0.1) is 10.2 Å². The van der Waals surface area contributed by atoms with E-state index >= 15 is 0 Å². The number of para-hydroxylation sites is 1. The second-order valence-electron chi connectivity index (χ2n) is 7.83. The quantitative estimate of drug-likeness (QED) is 0.672. The maximum Gasteiger partial charge on any atom is 0.279 e. The van der Waals surface area contributed by atoms with Gasteiger partial charge in [0.25, 0.3) is 5.19 Å². The monoisotopic (exact) mass is 393 g/mol. The average molecular weight is 394 g/mol. The number of carbonyl (C=O) groups excluding carboxylic acids is 1. The number of ether oxygens (including phenoxy) is 1. The molecule has 2 unspecified atom stereocenters. The van der Waals surface area contributed by atoms with Crippen LogP contribution in [0.5, 0.6) is 10.9 Å². The largest absolute Gasteiger partial charge is 0.431 e. The molecule has 0 bridgehead atoms. The van der Waals surface area contributed by atoms with Gasteiger partial charge in [0.1, 0.15) is 5.75 Å². The minimum atomic E-state index is 0.213. The van der Waals surface area contributed by atoms with E-state index in [0.29, 0.717) is 17.0 Å². The van der Waals surface area contributed by atoms with Crippen LogP contribution in [0.2, 0.25) is 0 Å². The molecule has 0 N–H and O–H groups in total. The molecule has 3 aromatic rings. The standard InChI is InChI=1S/C22H23N3O2S/c1-15(26)25-13-17-11-24(12-18(17)14-25)10-16-6-8-19(9-7-16)27-22-23-20-4-2-3-5-21(20)28-22/h2-9,17-18H,10-14H2,1H3. The third-order valence-corrected chi connectivity index (χ3v) is 6.73. The van der Waals surface area contributed by atoms with Crippen molar-refractivity contribution in [2.45, 2.75) is 13.5 Å². The highest BCUT2D eigenvalue weighted by molar-refractivity contribution is 7.20. The molecule has 0 spiro atoms. The van der Waals surface area contributed by atoms with E-state index in [4.69, 9.17) is 4.74 Å². The molecule has 6 heteroatoms. The van der Waals surface area contributed by atoms with Crippen LogP contribution in [0.25, 0.3) is 10.2 Å². The zero-order chi connectivity index (χ0) is 19.1. The van der Waals surface area contributed by atoms with Crippen molar-refractivity contribution in [3.05, 3.63) is 54.1 Å². The molecular formula is C22H23N3O2S. The van der Waals surface area contributed by atoms with Crippen molar-refractivity contribution in [1.29, 1.82) is 0 Å². The van der Waals surface area contributed by atoms with Crippen molar-refractivity contribution >= 4 is 27.5 Å². The summed E-state index contributed by atoms with van der Waals surface area (Å²) >= 11 is 1.56. The molecule has 0 radical (unpaired) electrons. The molecule has 5 rings (SSSR count). The third-order valence-electron chi connectivity index (χ3n) is 5.82. The second-order valence-corrected chi connectivity index (χ2v) is 8.82. The fraction of sp³-hybridized carbons (Fsp3) is 0.364. The minimum Gasteiger partial charge on any atom is -0.431 e. The predicted octanol–water partition coefficient (Wildman–Crippen LogP) is 4.00. The summed E-state index contributed by atoms with van der Waals surface area (Å²) in [5.41, 5.74) is 2.27. The van der Waals surface area contributed by atoms with Gasteiger partial charge in [-0.05, 0) is 41.7 Å². The van der Waals surface area contributed by atoms with Crippen molar-refractivity contribution in [2.75, 3.05) is 26.2 Å². The molecule has 2 aliphatic rings. The van der Waals surface area contributed by atoms with Gasteiger partial charge in [-0.25, -0.2) is 4.98 Å². The molecule has 5 nitrogen and oxygen atoms in total. The average Bonchev–Trinajstić information content (AvgIpc) is 3.35. The highest BCUT2D eigenvalue weighted by atomic mass is 32.1. The molecular weight excluding hydrogens is 370 g/mol. The van der Waals surface area contributed by atoms with Crippen LogP contribution in [0.4, 0.5) is 0 Å². The van der Waals surface area contributed by atoms with Crippen molar-refractivity contribution in [3.8, 4) is 10.9 Å². The fourth-order valence-electron chi connectivity index (χ4n) is 4.39. The van der Waals surface area contributed by atoms with Crippen LogP contribution >= 0.6 is 11.3 Å². The maximum absolute atomic E-state index is 11.6. The Kier molecular flexibility index (Phi) is 4.53. The SMILES string of the molecule is CC(=O)N1CC2CN(Cc3ccc(Oc4nc5ccccc5s4)cc3)CC2C1. The molecule has 144 valence electrons. The van der Waals surface area contributed by atoms with Gasteiger partial charge < -0.3 is 9.64 Å². The lowest BCUT2D eigenvalue weighted by Crippen LogP contribution is -2.31. The molecule has 1 amide bonds. The van der Waals surface area contributed by atoms with E-state index in [2.05, 4.69) is 28.1 Å².